The summed E-state index contributed by atoms with van der Waals surface area (Å²) in [6.45, 7) is 4.54. The molecule has 3 aromatic rings. The summed E-state index contributed by atoms with van der Waals surface area (Å²) in [5.74, 6) is 0.700. The van der Waals surface area contributed by atoms with Gasteiger partial charge in [0.05, 0.1) is 12.8 Å². The van der Waals surface area contributed by atoms with E-state index >= 15 is 0 Å². The monoisotopic (exact) mass is 396 g/mol. The zero-order valence-electron chi connectivity index (χ0n) is 15.9. The highest BCUT2D eigenvalue weighted by atomic mass is 35.5. The third kappa shape index (κ3) is 4.58. The minimum atomic E-state index is -0.377. The second-order valence-electron chi connectivity index (χ2n) is 6.34. The van der Waals surface area contributed by atoms with Gasteiger partial charge in [0.1, 0.15) is 11.6 Å². The van der Waals surface area contributed by atoms with Crippen molar-refractivity contribution in [1.82, 2.24) is 10.2 Å². The lowest BCUT2D eigenvalue weighted by Gasteiger charge is -2.12. The quantitative estimate of drug-likeness (QED) is 0.635. The third-order valence-electron chi connectivity index (χ3n) is 4.35. The second-order valence-corrected chi connectivity index (χ2v) is 6.75. The number of carbonyl (C=O) groups excluding carboxylic acids is 1. The molecule has 0 atom stereocenters. The molecule has 3 rings (SSSR count). The fourth-order valence-corrected chi connectivity index (χ4v) is 2.81. The molecular weight excluding hydrogens is 376 g/mol. The molecule has 0 unspecified atom stereocenters. The minimum absolute atomic E-state index is 0.205. The number of benzene rings is 2. The Bertz CT molecular complexity index is 990. The first-order valence-electron chi connectivity index (χ1n) is 8.75. The smallest absolute Gasteiger partial charge is 0.276 e. The number of rotatable bonds is 6. The maximum Gasteiger partial charge on any atom is 0.276 e. The Kier molecular flexibility index (Phi) is 6.11. The Morgan fingerprint density at radius 2 is 1.86 bits per heavy atom. The van der Waals surface area contributed by atoms with Gasteiger partial charge in [-0.25, -0.2) is 0 Å². The van der Waals surface area contributed by atoms with Crippen molar-refractivity contribution < 1.29 is 9.53 Å². The van der Waals surface area contributed by atoms with Crippen LogP contribution in [0.1, 0.15) is 27.2 Å². The molecule has 1 amide bonds. The molecule has 28 heavy (non-hydrogen) atoms. The van der Waals surface area contributed by atoms with Crippen LogP contribution < -0.4 is 15.4 Å². The van der Waals surface area contributed by atoms with Gasteiger partial charge < -0.3 is 15.4 Å². The molecule has 0 fully saturated rings. The minimum Gasteiger partial charge on any atom is -0.495 e. The average Bonchev–Trinajstić information content (AvgIpc) is 2.70. The molecule has 0 aliphatic rings. The average molecular weight is 397 g/mol. The molecule has 7 heteroatoms. The van der Waals surface area contributed by atoms with Crippen molar-refractivity contribution in [1.29, 1.82) is 0 Å². The summed E-state index contributed by atoms with van der Waals surface area (Å²) < 4.78 is 5.28. The molecule has 2 aromatic carbocycles. The SMILES string of the molecule is COc1cc(Cl)c(C)cc1NC(=O)c1ccc(NCc2ccccc2C)nn1. The van der Waals surface area contributed by atoms with Crippen molar-refractivity contribution in [3.8, 4) is 5.75 Å². The van der Waals surface area contributed by atoms with Crippen molar-refractivity contribution in [2.45, 2.75) is 20.4 Å². The number of anilines is 2. The molecule has 0 spiro atoms. The number of amides is 1. The molecule has 0 aliphatic heterocycles. The number of hydrogen-bond donors (Lipinski definition) is 2. The van der Waals surface area contributed by atoms with Crippen molar-refractivity contribution >= 4 is 29.0 Å². The largest absolute Gasteiger partial charge is 0.495 e. The maximum absolute atomic E-state index is 12.5. The van der Waals surface area contributed by atoms with Gasteiger partial charge in [0, 0.05) is 17.6 Å². The zero-order valence-corrected chi connectivity index (χ0v) is 16.7. The van der Waals surface area contributed by atoms with Gasteiger partial charge in [0.15, 0.2) is 5.69 Å². The Hall–Kier alpha value is -3.12. The van der Waals surface area contributed by atoms with E-state index in [4.69, 9.17) is 16.3 Å². The molecule has 2 N–H and O–H groups in total. The van der Waals surface area contributed by atoms with Crippen LogP contribution in [0, 0.1) is 13.8 Å². The molecule has 0 saturated carbocycles. The summed E-state index contributed by atoms with van der Waals surface area (Å²) >= 11 is 6.10. The number of aryl methyl sites for hydroxylation is 2. The number of nitrogens with zero attached hydrogens (tertiary/aromatic N) is 2. The first kappa shape index (κ1) is 19.6. The maximum atomic E-state index is 12.5. The van der Waals surface area contributed by atoms with E-state index in [1.807, 2.05) is 19.1 Å². The lowest BCUT2D eigenvalue weighted by atomic mass is 10.1. The van der Waals surface area contributed by atoms with E-state index in [0.717, 1.165) is 5.56 Å². The van der Waals surface area contributed by atoms with Crippen LogP contribution in [0.5, 0.6) is 5.75 Å². The van der Waals surface area contributed by atoms with Gasteiger partial charge in [-0.15, -0.1) is 10.2 Å². The summed E-state index contributed by atoms with van der Waals surface area (Å²) in [6.07, 6.45) is 0. The number of aromatic nitrogens is 2. The third-order valence-corrected chi connectivity index (χ3v) is 4.75. The fraction of sp³-hybridized carbons (Fsp3) is 0.190. The van der Waals surface area contributed by atoms with Gasteiger partial charge in [-0.3, -0.25) is 4.79 Å². The highest BCUT2D eigenvalue weighted by Gasteiger charge is 2.13. The predicted octanol–water partition coefficient (Wildman–Crippen LogP) is 4.62. The van der Waals surface area contributed by atoms with E-state index < -0.39 is 0 Å². The first-order chi connectivity index (χ1) is 13.5. The lowest BCUT2D eigenvalue weighted by Crippen LogP contribution is -2.15. The Labute approximate surface area is 168 Å². The molecule has 0 saturated heterocycles. The fourth-order valence-electron chi connectivity index (χ4n) is 2.66. The van der Waals surface area contributed by atoms with Crippen LogP contribution in [0.3, 0.4) is 0 Å². The predicted molar refractivity (Wildman–Crippen MR) is 111 cm³/mol. The number of ether oxygens (including phenoxy) is 1. The van der Waals surface area contributed by atoms with Gasteiger partial charge in [-0.1, -0.05) is 35.9 Å². The number of halogens is 1. The van der Waals surface area contributed by atoms with E-state index in [2.05, 4.69) is 39.9 Å². The van der Waals surface area contributed by atoms with Gasteiger partial charge in [-0.2, -0.15) is 0 Å². The van der Waals surface area contributed by atoms with E-state index in [0.29, 0.717) is 28.8 Å². The van der Waals surface area contributed by atoms with E-state index in [1.54, 1.807) is 24.3 Å². The number of nitrogens with one attached hydrogen (secondary N) is 2. The van der Waals surface area contributed by atoms with Crippen LogP contribution in [0.15, 0.2) is 48.5 Å². The van der Waals surface area contributed by atoms with E-state index in [1.165, 1.54) is 18.2 Å². The Morgan fingerprint density at radius 1 is 1.07 bits per heavy atom. The Balaban J connectivity index is 1.67. The second kappa shape index (κ2) is 8.71. The van der Waals surface area contributed by atoms with Crippen LogP contribution in [-0.4, -0.2) is 23.2 Å². The van der Waals surface area contributed by atoms with Crippen molar-refractivity contribution in [2.24, 2.45) is 0 Å². The molecule has 0 radical (unpaired) electrons. The van der Waals surface area contributed by atoms with Gasteiger partial charge >= 0.3 is 0 Å². The standard InChI is InChI=1S/C21H21ClN4O2/c1-13-6-4-5-7-15(13)12-23-20-9-8-17(25-26-20)21(27)24-18-10-14(2)16(22)11-19(18)28-3/h4-11H,12H2,1-3H3,(H,23,26)(H,24,27). The van der Waals surface area contributed by atoms with Crippen molar-refractivity contribution in [2.75, 3.05) is 17.7 Å². The van der Waals surface area contributed by atoms with Crippen LogP contribution in [-0.2, 0) is 6.54 Å². The van der Waals surface area contributed by atoms with Crippen LogP contribution in [0.25, 0.3) is 0 Å². The first-order valence-corrected chi connectivity index (χ1v) is 9.13. The summed E-state index contributed by atoms with van der Waals surface area (Å²) in [4.78, 5) is 12.5. The summed E-state index contributed by atoms with van der Waals surface area (Å²) in [7, 11) is 1.52. The van der Waals surface area contributed by atoms with E-state index in [9.17, 15) is 4.79 Å². The molecule has 0 aliphatic carbocycles. The molecule has 6 nitrogen and oxygen atoms in total. The number of hydrogen-bond acceptors (Lipinski definition) is 5. The van der Waals surface area contributed by atoms with Gasteiger partial charge in [0.25, 0.3) is 5.91 Å². The van der Waals surface area contributed by atoms with Crippen LogP contribution in [0.4, 0.5) is 11.5 Å². The van der Waals surface area contributed by atoms with Crippen molar-refractivity contribution in [3.05, 3.63) is 75.9 Å². The Morgan fingerprint density at radius 3 is 2.54 bits per heavy atom. The molecule has 1 aromatic heterocycles. The molecular formula is C21H21ClN4O2. The topological polar surface area (TPSA) is 76.1 Å². The highest BCUT2D eigenvalue weighted by Crippen LogP contribution is 2.31. The molecule has 144 valence electrons. The van der Waals surface area contributed by atoms with Gasteiger partial charge in [0.2, 0.25) is 0 Å². The highest BCUT2D eigenvalue weighted by molar-refractivity contribution is 6.31. The summed E-state index contributed by atoms with van der Waals surface area (Å²) in [6, 6.07) is 14.9. The van der Waals surface area contributed by atoms with Crippen LogP contribution in [0.2, 0.25) is 5.02 Å². The normalized spacial score (nSPS) is 10.4. The summed E-state index contributed by atoms with van der Waals surface area (Å²) in [5, 5.41) is 14.7. The molecule has 1 heterocycles. The van der Waals surface area contributed by atoms with E-state index in [-0.39, 0.29) is 11.6 Å². The lowest BCUT2D eigenvalue weighted by molar-refractivity contribution is 0.102. The number of methoxy groups -OCH3 is 1. The van der Waals surface area contributed by atoms with Crippen LogP contribution >= 0.6 is 11.6 Å². The van der Waals surface area contributed by atoms with Crippen molar-refractivity contribution in [3.63, 3.8) is 0 Å². The zero-order chi connectivity index (χ0) is 20.1. The molecule has 0 bridgehead atoms. The van der Waals surface area contributed by atoms with Gasteiger partial charge in [-0.05, 0) is 48.7 Å². The number of carbonyl (C=O) groups is 1. The summed E-state index contributed by atoms with van der Waals surface area (Å²) in [5.41, 5.74) is 3.94.